The zero-order valence-electron chi connectivity index (χ0n) is 15.8. The average Bonchev–Trinajstić information content (AvgIpc) is 2.64. The quantitative estimate of drug-likeness (QED) is 0.590. The summed E-state index contributed by atoms with van der Waals surface area (Å²) < 4.78 is 6.30. The minimum absolute atomic E-state index is 0.198. The Balaban J connectivity index is 1.93. The summed E-state index contributed by atoms with van der Waals surface area (Å²) in [4.78, 5) is 35.4. The molecule has 8 heteroatoms. The lowest BCUT2D eigenvalue weighted by Gasteiger charge is -2.12. The zero-order chi connectivity index (χ0) is 20.7. The Bertz CT molecular complexity index is 866. The highest BCUT2D eigenvalue weighted by atomic mass is 79.9. The number of carbonyl (C=O) groups is 3. The maximum atomic E-state index is 12.3. The SMILES string of the molecule is CC(=O)Nc1ccc(C(=O)NNC(=O)c2ccc(OCC(C)C)c(Br)c2)cc1. The highest BCUT2D eigenvalue weighted by Gasteiger charge is 2.12. The summed E-state index contributed by atoms with van der Waals surface area (Å²) in [6, 6.07) is 11.2. The summed E-state index contributed by atoms with van der Waals surface area (Å²) >= 11 is 3.38. The van der Waals surface area contributed by atoms with Crippen LogP contribution in [0.3, 0.4) is 0 Å². The second-order valence-electron chi connectivity index (χ2n) is 6.52. The van der Waals surface area contributed by atoms with Crippen molar-refractivity contribution >= 4 is 39.3 Å². The lowest BCUT2D eigenvalue weighted by molar-refractivity contribution is -0.114. The van der Waals surface area contributed by atoms with Crippen molar-refractivity contribution in [1.82, 2.24) is 10.9 Å². The van der Waals surface area contributed by atoms with Crippen molar-refractivity contribution in [1.29, 1.82) is 0 Å². The lowest BCUT2D eigenvalue weighted by atomic mass is 10.2. The monoisotopic (exact) mass is 447 g/mol. The van der Waals surface area contributed by atoms with Gasteiger partial charge in [0.05, 0.1) is 11.1 Å². The minimum Gasteiger partial charge on any atom is -0.492 e. The molecule has 0 aromatic heterocycles. The average molecular weight is 448 g/mol. The van der Waals surface area contributed by atoms with Crippen LogP contribution in [0.2, 0.25) is 0 Å². The molecule has 0 aliphatic heterocycles. The molecule has 0 saturated heterocycles. The van der Waals surface area contributed by atoms with Gasteiger partial charge >= 0.3 is 0 Å². The van der Waals surface area contributed by atoms with E-state index in [-0.39, 0.29) is 5.91 Å². The Hall–Kier alpha value is -2.87. The standard InChI is InChI=1S/C20H22BrN3O4/c1-12(2)11-28-18-9-6-15(10-17(18)21)20(27)24-23-19(26)14-4-7-16(8-5-14)22-13(3)25/h4-10,12H,11H2,1-3H3,(H,22,25)(H,23,26)(H,24,27). The third-order valence-electron chi connectivity index (χ3n) is 3.52. The molecule has 0 atom stereocenters. The molecular weight excluding hydrogens is 426 g/mol. The molecule has 28 heavy (non-hydrogen) atoms. The van der Waals surface area contributed by atoms with E-state index >= 15 is 0 Å². The first kappa shape index (κ1) is 21.4. The number of carbonyl (C=O) groups excluding carboxylic acids is 3. The minimum atomic E-state index is -0.473. The first-order valence-corrected chi connectivity index (χ1v) is 9.46. The van der Waals surface area contributed by atoms with E-state index in [2.05, 4.69) is 32.1 Å². The molecule has 3 amide bonds. The van der Waals surface area contributed by atoms with Crippen LogP contribution in [-0.2, 0) is 4.79 Å². The van der Waals surface area contributed by atoms with Gasteiger partial charge in [0.15, 0.2) is 0 Å². The number of ether oxygens (including phenoxy) is 1. The maximum absolute atomic E-state index is 12.3. The number of benzene rings is 2. The molecule has 2 aromatic carbocycles. The smallest absolute Gasteiger partial charge is 0.269 e. The van der Waals surface area contributed by atoms with Gasteiger partial charge in [-0.3, -0.25) is 25.2 Å². The number of amides is 3. The van der Waals surface area contributed by atoms with E-state index in [1.54, 1.807) is 42.5 Å². The first-order valence-electron chi connectivity index (χ1n) is 8.67. The molecule has 0 spiro atoms. The molecule has 0 bridgehead atoms. The fourth-order valence-corrected chi connectivity index (χ4v) is 2.67. The Morgan fingerprint density at radius 3 is 2.07 bits per heavy atom. The summed E-state index contributed by atoms with van der Waals surface area (Å²) in [5.41, 5.74) is 6.02. The predicted octanol–water partition coefficient (Wildman–Crippen LogP) is 3.52. The van der Waals surface area contributed by atoms with Crippen LogP contribution in [0.5, 0.6) is 5.75 Å². The van der Waals surface area contributed by atoms with Crippen LogP contribution in [0.25, 0.3) is 0 Å². The van der Waals surface area contributed by atoms with Gasteiger partial charge < -0.3 is 10.1 Å². The van der Waals surface area contributed by atoms with E-state index in [1.165, 1.54) is 6.92 Å². The van der Waals surface area contributed by atoms with Gasteiger partial charge in [0.2, 0.25) is 5.91 Å². The summed E-state index contributed by atoms with van der Waals surface area (Å²) in [6.45, 7) is 6.07. The number of anilines is 1. The Kier molecular flexibility index (Phi) is 7.57. The Morgan fingerprint density at radius 1 is 0.964 bits per heavy atom. The molecular formula is C20H22BrN3O4. The number of hydrogen-bond acceptors (Lipinski definition) is 4. The molecule has 0 aliphatic carbocycles. The molecule has 148 valence electrons. The predicted molar refractivity (Wildman–Crippen MR) is 110 cm³/mol. The third-order valence-corrected chi connectivity index (χ3v) is 4.14. The van der Waals surface area contributed by atoms with Crippen molar-refractivity contribution in [3.8, 4) is 5.75 Å². The van der Waals surface area contributed by atoms with Gasteiger partial charge in [-0.2, -0.15) is 0 Å². The largest absolute Gasteiger partial charge is 0.492 e. The van der Waals surface area contributed by atoms with Crippen molar-refractivity contribution in [2.24, 2.45) is 5.92 Å². The third kappa shape index (κ3) is 6.38. The summed E-state index contributed by atoms with van der Waals surface area (Å²) in [5.74, 6) is -0.0970. The summed E-state index contributed by atoms with van der Waals surface area (Å²) in [6.07, 6.45) is 0. The number of halogens is 1. The summed E-state index contributed by atoms with van der Waals surface area (Å²) in [7, 11) is 0. The first-order chi connectivity index (χ1) is 13.3. The topological polar surface area (TPSA) is 96.5 Å². The zero-order valence-corrected chi connectivity index (χ0v) is 17.4. The van der Waals surface area contributed by atoms with Crippen molar-refractivity contribution in [2.45, 2.75) is 20.8 Å². The van der Waals surface area contributed by atoms with Crippen LogP contribution >= 0.6 is 15.9 Å². The van der Waals surface area contributed by atoms with Crippen molar-refractivity contribution < 1.29 is 19.1 Å². The van der Waals surface area contributed by atoms with Gasteiger partial charge in [-0.1, -0.05) is 13.8 Å². The lowest BCUT2D eigenvalue weighted by Crippen LogP contribution is -2.41. The molecule has 0 fully saturated rings. The van der Waals surface area contributed by atoms with Gasteiger partial charge in [0.25, 0.3) is 11.8 Å². The van der Waals surface area contributed by atoms with E-state index in [0.29, 0.717) is 39.6 Å². The van der Waals surface area contributed by atoms with Gasteiger partial charge in [-0.25, -0.2) is 0 Å². The van der Waals surface area contributed by atoms with Crippen molar-refractivity contribution in [3.05, 3.63) is 58.1 Å². The fraction of sp³-hybridized carbons (Fsp3) is 0.250. The van der Waals surface area contributed by atoms with Gasteiger partial charge in [-0.05, 0) is 64.3 Å². The van der Waals surface area contributed by atoms with Crippen LogP contribution in [0.4, 0.5) is 5.69 Å². The second kappa shape index (κ2) is 9.89. The van der Waals surface area contributed by atoms with Gasteiger partial charge in [0, 0.05) is 23.7 Å². The molecule has 2 rings (SSSR count). The van der Waals surface area contributed by atoms with E-state index in [0.717, 1.165) is 0 Å². The molecule has 2 aromatic rings. The number of hydrogen-bond donors (Lipinski definition) is 3. The van der Waals surface area contributed by atoms with Gasteiger partial charge in [0.1, 0.15) is 5.75 Å². The van der Waals surface area contributed by atoms with Crippen molar-refractivity contribution in [3.63, 3.8) is 0 Å². The van der Waals surface area contributed by atoms with Crippen LogP contribution < -0.4 is 20.9 Å². The molecule has 0 heterocycles. The van der Waals surface area contributed by atoms with E-state index in [9.17, 15) is 14.4 Å². The molecule has 0 unspecified atom stereocenters. The normalized spacial score (nSPS) is 10.3. The van der Waals surface area contributed by atoms with Crippen molar-refractivity contribution in [2.75, 3.05) is 11.9 Å². The fourth-order valence-electron chi connectivity index (χ4n) is 2.18. The molecule has 3 N–H and O–H groups in total. The maximum Gasteiger partial charge on any atom is 0.269 e. The highest BCUT2D eigenvalue weighted by Crippen LogP contribution is 2.26. The van der Waals surface area contributed by atoms with Crippen LogP contribution in [0.15, 0.2) is 46.9 Å². The number of nitrogens with one attached hydrogen (secondary N) is 3. The number of rotatable bonds is 6. The van der Waals surface area contributed by atoms with E-state index < -0.39 is 11.8 Å². The molecule has 0 aliphatic rings. The summed E-state index contributed by atoms with van der Waals surface area (Å²) in [5, 5.41) is 2.61. The van der Waals surface area contributed by atoms with Crippen LogP contribution in [0, 0.1) is 5.92 Å². The Labute approximate surface area is 171 Å². The second-order valence-corrected chi connectivity index (χ2v) is 7.37. The van der Waals surface area contributed by atoms with Crippen LogP contribution in [-0.4, -0.2) is 24.3 Å². The molecule has 0 radical (unpaired) electrons. The van der Waals surface area contributed by atoms with Crippen LogP contribution in [0.1, 0.15) is 41.5 Å². The number of hydrazine groups is 1. The van der Waals surface area contributed by atoms with Gasteiger partial charge in [-0.15, -0.1) is 0 Å². The van der Waals surface area contributed by atoms with E-state index in [1.807, 2.05) is 13.8 Å². The highest BCUT2D eigenvalue weighted by molar-refractivity contribution is 9.10. The Morgan fingerprint density at radius 2 is 1.54 bits per heavy atom. The van der Waals surface area contributed by atoms with E-state index in [4.69, 9.17) is 4.74 Å². The molecule has 7 nitrogen and oxygen atoms in total. The molecule has 0 saturated carbocycles.